The molecule has 0 N–H and O–H groups in total. The third kappa shape index (κ3) is 0.878. The van der Waals surface area contributed by atoms with Gasteiger partial charge in [0.05, 0.1) is 0 Å². The van der Waals surface area contributed by atoms with Crippen LogP contribution in [0.25, 0.3) is 0 Å². The molecule has 1 heteroatoms. The molecule has 0 unspecified atom stereocenters. The van der Waals surface area contributed by atoms with E-state index >= 15 is 0 Å². The summed E-state index contributed by atoms with van der Waals surface area (Å²) in [6, 6.07) is 0. The normalized spacial score (nSPS) is 22.4. The zero-order valence-corrected chi connectivity index (χ0v) is 5.88. The van der Waals surface area contributed by atoms with Crippen molar-refractivity contribution in [3.63, 3.8) is 0 Å². The maximum Gasteiger partial charge on any atom is 0.0430 e. The Balaban J connectivity index is 2.32. The first-order valence-electron chi connectivity index (χ1n) is 3.69. The first-order valence-corrected chi connectivity index (χ1v) is 3.69. The second-order valence-corrected chi connectivity index (χ2v) is 2.61. The van der Waals surface area contributed by atoms with E-state index in [1.807, 2.05) is 6.20 Å². The van der Waals surface area contributed by atoms with Crippen molar-refractivity contribution in [2.24, 2.45) is 0 Å². The van der Waals surface area contributed by atoms with Gasteiger partial charge in [-0.1, -0.05) is 18.2 Å². The minimum atomic E-state index is 0.975. The number of nitrogens with zero attached hydrogens (tertiary/aromatic N) is 1. The summed E-state index contributed by atoms with van der Waals surface area (Å²) < 4.78 is 0. The summed E-state index contributed by atoms with van der Waals surface area (Å²) in [5.41, 5.74) is 2.80. The Hall–Kier alpha value is -0.980. The smallest absolute Gasteiger partial charge is 0.0430 e. The quantitative estimate of drug-likeness (QED) is 0.477. The van der Waals surface area contributed by atoms with Gasteiger partial charge in [0.2, 0.25) is 0 Å². The van der Waals surface area contributed by atoms with Crippen LogP contribution in [0.3, 0.4) is 0 Å². The summed E-state index contributed by atoms with van der Waals surface area (Å²) in [6.45, 7) is 0.975. The molecule has 0 atom stereocenters. The molecule has 0 bridgehead atoms. The zero-order valence-electron chi connectivity index (χ0n) is 5.88. The van der Waals surface area contributed by atoms with E-state index in [9.17, 15) is 0 Å². The first-order chi connectivity index (χ1) is 4.97. The minimum Gasteiger partial charge on any atom is -0.292 e. The largest absolute Gasteiger partial charge is 0.292 e. The third-order valence-corrected chi connectivity index (χ3v) is 1.91. The van der Waals surface area contributed by atoms with Crippen molar-refractivity contribution in [1.29, 1.82) is 0 Å². The predicted molar refractivity (Wildman–Crippen MR) is 41.5 cm³/mol. The lowest BCUT2D eigenvalue weighted by molar-refractivity contribution is 0.777. The predicted octanol–water partition coefficient (Wildman–Crippen LogP) is 1.76. The fraction of sp³-hybridized carbons (Fsp3) is 0.333. The van der Waals surface area contributed by atoms with E-state index in [0.717, 1.165) is 19.4 Å². The molecule has 0 saturated heterocycles. The van der Waals surface area contributed by atoms with Crippen LogP contribution >= 0.6 is 0 Å². The maximum atomic E-state index is 4.21. The highest BCUT2D eigenvalue weighted by atomic mass is 14.8. The van der Waals surface area contributed by atoms with E-state index in [1.54, 1.807) is 0 Å². The second-order valence-electron chi connectivity index (χ2n) is 2.61. The van der Waals surface area contributed by atoms with Crippen molar-refractivity contribution in [2.45, 2.75) is 12.8 Å². The fourth-order valence-corrected chi connectivity index (χ4v) is 1.35. The summed E-state index contributed by atoms with van der Waals surface area (Å²) in [7, 11) is 0. The monoisotopic (exact) mass is 132 g/mol. The van der Waals surface area contributed by atoms with E-state index in [4.69, 9.17) is 0 Å². The van der Waals surface area contributed by atoms with Crippen LogP contribution in [0.4, 0.5) is 0 Å². The molecule has 1 radical (unpaired) electrons. The highest BCUT2D eigenvalue weighted by molar-refractivity contribution is 5.44. The molecule has 51 valence electrons. The summed E-state index contributed by atoms with van der Waals surface area (Å²) >= 11 is 0. The maximum absolute atomic E-state index is 4.21. The third-order valence-electron chi connectivity index (χ3n) is 1.91. The summed E-state index contributed by atoms with van der Waals surface area (Å²) in [5.74, 6) is 0. The summed E-state index contributed by atoms with van der Waals surface area (Å²) in [5, 5.41) is 4.21. The van der Waals surface area contributed by atoms with E-state index in [0.29, 0.717) is 0 Å². The minimum absolute atomic E-state index is 0.975. The molecule has 0 spiro atoms. The molecule has 0 fully saturated rings. The van der Waals surface area contributed by atoms with Gasteiger partial charge in [-0.3, -0.25) is 5.32 Å². The van der Waals surface area contributed by atoms with Crippen LogP contribution in [0, 0.1) is 0 Å². The van der Waals surface area contributed by atoms with E-state index < -0.39 is 0 Å². The highest BCUT2D eigenvalue weighted by Gasteiger charge is 2.08. The number of rotatable bonds is 0. The van der Waals surface area contributed by atoms with Crippen LogP contribution in [-0.2, 0) is 0 Å². The Kier molecular flexibility index (Phi) is 1.35. The topological polar surface area (TPSA) is 14.1 Å². The number of hydrogen-bond donors (Lipinski definition) is 0. The van der Waals surface area contributed by atoms with Crippen molar-refractivity contribution in [3.05, 3.63) is 35.6 Å². The molecule has 0 aromatic carbocycles. The van der Waals surface area contributed by atoms with Gasteiger partial charge in [-0.2, -0.15) is 0 Å². The van der Waals surface area contributed by atoms with Crippen LogP contribution in [-0.4, -0.2) is 6.54 Å². The molecular weight excluding hydrogens is 122 g/mol. The highest BCUT2D eigenvalue weighted by Crippen LogP contribution is 2.22. The Morgan fingerprint density at radius 2 is 2.40 bits per heavy atom. The molecule has 2 aliphatic rings. The van der Waals surface area contributed by atoms with Gasteiger partial charge in [-0.15, -0.1) is 0 Å². The molecule has 1 heterocycles. The van der Waals surface area contributed by atoms with Crippen molar-refractivity contribution in [3.8, 4) is 0 Å². The van der Waals surface area contributed by atoms with E-state index in [1.165, 1.54) is 11.1 Å². The molecule has 0 aromatic rings. The van der Waals surface area contributed by atoms with Gasteiger partial charge >= 0.3 is 0 Å². The average Bonchev–Trinajstić information content (AvgIpc) is 2.05. The second kappa shape index (κ2) is 2.33. The number of hydrogen-bond acceptors (Lipinski definition) is 0. The van der Waals surface area contributed by atoms with Crippen LogP contribution < -0.4 is 5.32 Å². The Morgan fingerprint density at radius 1 is 1.40 bits per heavy atom. The summed E-state index contributed by atoms with van der Waals surface area (Å²) in [4.78, 5) is 0. The van der Waals surface area contributed by atoms with Gasteiger partial charge < -0.3 is 0 Å². The molecule has 0 amide bonds. The first kappa shape index (κ1) is 5.78. The molecule has 1 nitrogen and oxygen atoms in total. The molecule has 0 aromatic heterocycles. The Morgan fingerprint density at radius 3 is 3.30 bits per heavy atom. The van der Waals surface area contributed by atoms with Gasteiger partial charge in [0.25, 0.3) is 0 Å². The van der Waals surface area contributed by atoms with Crippen LogP contribution in [0.2, 0.25) is 0 Å². The van der Waals surface area contributed by atoms with Crippen molar-refractivity contribution in [2.75, 3.05) is 6.54 Å². The lowest BCUT2D eigenvalue weighted by Crippen LogP contribution is -2.09. The van der Waals surface area contributed by atoms with Crippen LogP contribution in [0.15, 0.2) is 35.6 Å². The zero-order chi connectivity index (χ0) is 6.81. The van der Waals surface area contributed by atoms with Gasteiger partial charge in [0.1, 0.15) is 0 Å². The van der Waals surface area contributed by atoms with Gasteiger partial charge in [-0.05, 0) is 24.0 Å². The molecule has 1 aliphatic heterocycles. The van der Waals surface area contributed by atoms with Gasteiger partial charge in [0.15, 0.2) is 0 Å². The lowest BCUT2D eigenvalue weighted by atomic mass is 9.96. The molecule has 1 aliphatic carbocycles. The Labute approximate surface area is 61.1 Å². The SMILES string of the molecule is C1=CC2=C[N]CCC2=CC1. The molecule has 2 rings (SSSR count). The summed E-state index contributed by atoms with van der Waals surface area (Å²) in [6.07, 6.45) is 10.8. The van der Waals surface area contributed by atoms with E-state index in [-0.39, 0.29) is 0 Å². The van der Waals surface area contributed by atoms with Crippen molar-refractivity contribution in [1.82, 2.24) is 5.32 Å². The molecule has 0 saturated carbocycles. The van der Waals surface area contributed by atoms with Crippen LogP contribution in [0.5, 0.6) is 0 Å². The number of allylic oxidation sites excluding steroid dienone is 4. The van der Waals surface area contributed by atoms with E-state index in [2.05, 4.69) is 23.5 Å². The molecular formula is C9H10N. The van der Waals surface area contributed by atoms with Crippen LogP contribution in [0.1, 0.15) is 12.8 Å². The Bertz CT molecular complexity index is 221. The lowest BCUT2D eigenvalue weighted by Gasteiger charge is -2.16. The number of fused-ring (bicyclic) bond motifs is 1. The average molecular weight is 132 g/mol. The molecule has 10 heavy (non-hydrogen) atoms. The van der Waals surface area contributed by atoms with Crippen molar-refractivity contribution >= 4 is 0 Å². The van der Waals surface area contributed by atoms with Gasteiger partial charge in [0, 0.05) is 12.7 Å². The fourth-order valence-electron chi connectivity index (χ4n) is 1.35. The van der Waals surface area contributed by atoms with Gasteiger partial charge in [-0.25, -0.2) is 0 Å². The standard InChI is InChI=1S/C9H10N/c1-2-4-9-7-10-6-5-8(9)3-1/h2-4,7H,1,5-6H2. The van der Waals surface area contributed by atoms with Crippen molar-refractivity contribution < 1.29 is 0 Å².